The molecule has 1 nitrogen and oxygen atoms in total. The van der Waals surface area contributed by atoms with Crippen molar-refractivity contribution in [1.29, 1.82) is 0 Å². The van der Waals surface area contributed by atoms with Gasteiger partial charge in [-0.25, -0.2) is 0 Å². The van der Waals surface area contributed by atoms with Gasteiger partial charge in [0.2, 0.25) is 0 Å². The molecular weight excluding hydrogens is 194 g/mol. The van der Waals surface area contributed by atoms with Gasteiger partial charge in [0.15, 0.2) is 0 Å². The minimum Gasteiger partial charge on any atom is -0.379 e. The van der Waals surface area contributed by atoms with E-state index in [1.807, 2.05) is 0 Å². The maximum Gasteiger partial charge on any atom is 0.0444 e. The number of allylic oxidation sites excluding steroid dienone is 1. The maximum atomic E-state index is 3.60. The van der Waals surface area contributed by atoms with E-state index in [1.165, 1.54) is 43.4 Å². The maximum absolute atomic E-state index is 3.60. The van der Waals surface area contributed by atoms with Gasteiger partial charge in [-0.1, -0.05) is 37.1 Å². The van der Waals surface area contributed by atoms with Crippen LogP contribution in [0.4, 0.5) is 5.69 Å². The normalized spacial score (nSPS) is 23.2. The third-order valence-electron chi connectivity index (χ3n) is 3.12. The van der Waals surface area contributed by atoms with E-state index in [1.54, 1.807) is 0 Å². The van der Waals surface area contributed by atoms with Crippen LogP contribution in [0.2, 0.25) is 0 Å². The molecule has 0 aliphatic heterocycles. The molecule has 16 heavy (non-hydrogen) atoms. The molecule has 86 valence electrons. The van der Waals surface area contributed by atoms with Crippen LogP contribution < -0.4 is 5.32 Å². The first-order valence-electron chi connectivity index (χ1n) is 6.34. The molecule has 1 aliphatic carbocycles. The Hall–Kier alpha value is -1.24. The molecule has 0 bridgehead atoms. The molecule has 1 unspecified atom stereocenters. The fourth-order valence-corrected chi connectivity index (χ4v) is 2.23. The first-order chi connectivity index (χ1) is 7.84. The van der Waals surface area contributed by atoms with Gasteiger partial charge in [0.05, 0.1) is 0 Å². The SMILES string of the molecule is Cc1cccc(NC2/C=C\CCCCC2)c1. The Kier molecular flexibility index (Phi) is 4.03. The summed E-state index contributed by atoms with van der Waals surface area (Å²) in [6.07, 6.45) is 11.2. The lowest BCUT2D eigenvalue weighted by molar-refractivity contribution is 0.610. The molecule has 0 amide bonds. The topological polar surface area (TPSA) is 12.0 Å². The van der Waals surface area contributed by atoms with Crippen LogP contribution in [0.3, 0.4) is 0 Å². The van der Waals surface area contributed by atoms with Crippen LogP contribution in [0.25, 0.3) is 0 Å². The first-order valence-corrected chi connectivity index (χ1v) is 6.34. The van der Waals surface area contributed by atoms with E-state index >= 15 is 0 Å². The smallest absolute Gasteiger partial charge is 0.0444 e. The van der Waals surface area contributed by atoms with Gasteiger partial charge >= 0.3 is 0 Å². The highest BCUT2D eigenvalue weighted by atomic mass is 14.9. The summed E-state index contributed by atoms with van der Waals surface area (Å²) in [5, 5.41) is 3.60. The second-order valence-corrected chi connectivity index (χ2v) is 4.69. The Morgan fingerprint density at radius 2 is 2.12 bits per heavy atom. The van der Waals surface area contributed by atoms with Crippen LogP contribution in [0.15, 0.2) is 36.4 Å². The monoisotopic (exact) mass is 215 g/mol. The lowest BCUT2D eigenvalue weighted by atomic mass is 10.0. The third-order valence-corrected chi connectivity index (χ3v) is 3.12. The highest BCUT2D eigenvalue weighted by Gasteiger charge is 2.06. The number of hydrogen-bond donors (Lipinski definition) is 1. The number of nitrogens with one attached hydrogen (secondary N) is 1. The minimum absolute atomic E-state index is 0.516. The van der Waals surface area contributed by atoms with Crippen LogP contribution in [-0.2, 0) is 0 Å². The summed E-state index contributed by atoms with van der Waals surface area (Å²) in [5.41, 5.74) is 2.56. The second-order valence-electron chi connectivity index (χ2n) is 4.69. The Morgan fingerprint density at radius 3 is 3.00 bits per heavy atom. The predicted molar refractivity (Wildman–Crippen MR) is 70.8 cm³/mol. The summed E-state index contributed by atoms with van der Waals surface area (Å²) in [5.74, 6) is 0. The molecule has 0 saturated carbocycles. The highest BCUT2D eigenvalue weighted by molar-refractivity contribution is 5.47. The number of aryl methyl sites for hydroxylation is 1. The Labute approximate surface area is 98.6 Å². The molecule has 0 saturated heterocycles. The molecule has 0 heterocycles. The van der Waals surface area contributed by atoms with E-state index in [4.69, 9.17) is 0 Å². The van der Waals surface area contributed by atoms with Crippen LogP contribution in [0.1, 0.15) is 37.7 Å². The lowest BCUT2D eigenvalue weighted by Crippen LogP contribution is -2.17. The molecule has 1 aromatic rings. The summed E-state index contributed by atoms with van der Waals surface area (Å²) in [7, 11) is 0. The zero-order valence-electron chi connectivity index (χ0n) is 10.1. The van der Waals surface area contributed by atoms with Gasteiger partial charge in [-0.3, -0.25) is 0 Å². The number of rotatable bonds is 2. The Bertz CT molecular complexity index is 354. The molecule has 1 atom stereocenters. The molecular formula is C15H21N. The zero-order valence-corrected chi connectivity index (χ0v) is 10.1. The van der Waals surface area contributed by atoms with Gasteiger partial charge in [-0.15, -0.1) is 0 Å². The van der Waals surface area contributed by atoms with E-state index < -0.39 is 0 Å². The van der Waals surface area contributed by atoms with E-state index in [0.29, 0.717) is 6.04 Å². The minimum atomic E-state index is 0.516. The molecule has 1 N–H and O–H groups in total. The summed E-state index contributed by atoms with van der Waals surface area (Å²) in [6, 6.07) is 9.14. The highest BCUT2D eigenvalue weighted by Crippen LogP contribution is 2.17. The molecule has 1 aromatic carbocycles. The van der Waals surface area contributed by atoms with Crippen molar-refractivity contribution in [3.05, 3.63) is 42.0 Å². The molecule has 0 spiro atoms. The lowest BCUT2D eigenvalue weighted by Gasteiger charge is -2.18. The molecule has 2 rings (SSSR count). The van der Waals surface area contributed by atoms with Gasteiger partial charge in [-0.05, 0) is 43.9 Å². The summed E-state index contributed by atoms with van der Waals surface area (Å²) in [4.78, 5) is 0. The van der Waals surface area contributed by atoms with Gasteiger partial charge in [0.1, 0.15) is 0 Å². The van der Waals surface area contributed by atoms with E-state index in [-0.39, 0.29) is 0 Å². The molecule has 0 radical (unpaired) electrons. The zero-order chi connectivity index (χ0) is 11.2. The number of hydrogen-bond acceptors (Lipinski definition) is 1. The van der Waals surface area contributed by atoms with Crippen molar-refractivity contribution in [1.82, 2.24) is 0 Å². The summed E-state index contributed by atoms with van der Waals surface area (Å²) < 4.78 is 0. The third kappa shape index (κ3) is 3.41. The van der Waals surface area contributed by atoms with E-state index in [0.717, 1.165) is 0 Å². The van der Waals surface area contributed by atoms with Crippen molar-refractivity contribution in [3.63, 3.8) is 0 Å². The average Bonchev–Trinajstić information content (AvgIpc) is 2.22. The van der Waals surface area contributed by atoms with Crippen molar-refractivity contribution >= 4 is 5.69 Å². The van der Waals surface area contributed by atoms with Crippen LogP contribution in [0.5, 0.6) is 0 Å². The van der Waals surface area contributed by atoms with Crippen molar-refractivity contribution in [2.24, 2.45) is 0 Å². The van der Waals surface area contributed by atoms with Gasteiger partial charge in [0, 0.05) is 11.7 Å². The van der Waals surface area contributed by atoms with Gasteiger partial charge in [0.25, 0.3) is 0 Å². The quantitative estimate of drug-likeness (QED) is 0.725. The average molecular weight is 215 g/mol. The van der Waals surface area contributed by atoms with Crippen molar-refractivity contribution in [2.45, 2.75) is 45.1 Å². The first kappa shape index (κ1) is 11.3. The standard InChI is InChI=1S/C15H21N/c1-13-8-7-11-15(12-13)16-14-9-5-3-2-4-6-10-14/h5,7-9,11-12,14,16H,2-4,6,10H2,1H3/b9-5-. The largest absolute Gasteiger partial charge is 0.379 e. The van der Waals surface area contributed by atoms with E-state index in [9.17, 15) is 0 Å². The van der Waals surface area contributed by atoms with Crippen LogP contribution in [-0.4, -0.2) is 6.04 Å². The number of anilines is 1. The van der Waals surface area contributed by atoms with Crippen molar-refractivity contribution in [3.8, 4) is 0 Å². The number of benzene rings is 1. The molecule has 1 heteroatoms. The fraction of sp³-hybridized carbons (Fsp3) is 0.467. The molecule has 1 aliphatic rings. The van der Waals surface area contributed by atoms with Crippen LogP contribution >= 0.6 is 0 Å². The van der Waals surface area contributed by atoms with E-state index in [2.05, 4.69) is 48.7 Å². The Morgan fingerprint density at radius 1 is 1.19 bits per heavy atom. The second kappa shape index (κ2) is 5.74. The van der Waals surface area contributed by atoms with Crippen LogP contribution in [0, 0.1) is 6.92 Å². The van der Waals surface area contributed by atoms with Gasteiger partial charge < -0.3 is 5.32 Å². The fourth-order valence-electron chi connectivity index (χ4n) is 2.23. The Balaban J connectivity index is 1.99. The van der Waals surface area contributed by atoms with Crippen molar-refractivity contribution in [2.75, 3.05) is 5.32 Å². The summed E-state index contributed by atoms with van der Waals surface area (Å²) in [6.45, 7) is 2.14. The predicted octanol–water partition coefficient (Wildman–Crippen LogP) is 4.30. The van der Waals surface area contributed by atoms with Gasteiger partial charge in [-0.2, -0.15) is 0 Å². The molecule has 0 aromatic heterocycles. The molecule has 0 fully saturated rings. The van der Waals surface area contributed by atoms with Crippen molar-refractivity contribution < 1.29 is 0 Å². The summed E-state index contributed by atoms with van der Waals surface area (Å²) >= 11 is 0.